The summed E-state index contributed by atoms with van der Waals surface area (Å²) in [6.45, 7) is 3.42. The molecule has 0 aliphatic carbocycles. The third-order valence-corrected chi connectivity index (χ3v) is 4.58. The monoisotopic (exact) mass is 377 g/mol. The molecule has 0 radical (unpaired) electrons. The summed E-state index contributed by atoms with van der Waals surface area (Å²) in [5.41, 5.74) is 2.22. The van der Waals surface area contributed by atoms with Crippen molar-refractivity contribution in [3.63, 3.8) is 0 Å². The molecular weight excluding hydrogens is 354 g/mol. The Morgan fingerprint density at radius 1 is 1.04 bits per heavy atom. The van der Waals surface area contributed by atoms with Crippen molar-refractivity contribution in [2.24, 2.45) is 0 Å². The van der Waals surface area contributed by atoms with E-state index in [1.165, 1.54) is 7.11 Å². The summed E-state index contributed by atoms with van der Waals surface area (Å²) in [5.74, 6) is -0.533. The van der Waals surface area contributed by atoms with Gasteiger partial charge in [-0.2, -0.15) is 0 Å². The van der Waals surface area contributed by atoms with Crippen LogP contribution in [-0.4, -0.2) is 25.6 Å². The lowest BCUT2D eigenvalue weighted by Crippen LogP contribution is -2.31. The van der Waals surface area contributed by atoms with Gasteiger partial charge < -0.3 is 14.8 Å². The fraction of sp³-hybridized carbons (Fsp3) is 0.217. The number of carbonyl (C=O) groups is 2. The highest BCUT2D eigenvalue weighted by molar-refractivity contribution is 5.94. The molecule has 0 saturated heterocycles. The lowest BCUT2D eigenvalue weighted by molar-refractivity contribution is -0.124. The van der Waals surface area contributed by atoms with Crippen molar-refractivity contribution in [1.82, 2.24) is 5.32 Å². The second-order valence-corrected chi connectivity index (χ2v) is 6.64. The Labute approximate surface area is 164 Å². The summed E-state index contributed by atoms with van der Waals surface area (Å²) >= 11 is 0. The summed E-state index contributed by atoms with van der Waals surface area (Å²) in [4.78, 5) is 24.6. The molecule has 0 aliphatic rings. The molecule has 0 spiro atoms. The Kier molecular flexibility index (Phi) is 5.94. The molecule has 1 amide bonds. The Bertz CT molecular complexity index is 1010. The summed E-state index contributed by atoms with van der Waals surface area (Å²) in [7, 11) is 1.49. The average molecular weight is 377 g/mol. The van der Waals surface area contributed by atoms with Crippen molar-refractivity contribution in [3.05, 3.63) is 77.4 Å². The molecule has 0 bridgehead atoms. The van der Waals surface area contributed by atoms with Gasteiger partial charge in [-0.25, -0.2) is 4.79 Å². The largest absolute Gasteiger partial charge is 0.496 e. The molecule has 3 aromatic rings. The Hall–Kier alpha value is -3.34. The summed E-state index contributed by atoms with van der Waals surface area (Å²) in [6, 6.07) is 19.0. The van der Waals surface area contributed by atoms with Crippen LogP contribution in [0.4, 0.5) is 0 Å². The maximum atomic E-state index is 12.3. The van der Waals surface area contributed by atoms with Crippen LogP contribution in [0.15, 0.2) is 60.7 Å². The second-order valence-electron chi connectivity index (χ2n) is 6.64. The number of methoxy groups -OCH3 is 1. The van der Waals surface area contributed by atoms with E-state index in [0.29, 0.717) is 11.3 Å². The minimum atomic E-state index is -0.589. The van der Waals surface area contributed by atoms with Crippen LogP contribution in [0.25, 0.3) is 10.8 Å². The van der Waals surface area contributed by atoms with Gasteiger partial charge in [-0.3, -0.25) is 4.79 Å². The van der Waals surface area contributed by atoms with Crippen molar-refractivity contribution < 1.29 is 19.1 Å². The van der Waals surface area contributed by atoms with Gasteiger partial charge in [0.05, 0.1) is 13.2 Å². The topological polar surface area (TPSA) is 64.6 Å². The lowest BCUT2D eigenvalue weighted by atomic mass is 10.00. The number of carbonyl (C=O) groups excluding carboxylic acids is 2. The van der Waals surface area contributed by atoms with Gasteiger partial charge in [0.2, 0.25) is 0 Å². The van der Waals surface area contributed by atoms with E-state index in [2.05, 4.69) is 5.32 Å². The number of ether oxygens (including phenoxy) is 2. The highest BCUT2D eigenvalue weighted by Gasteiger charge is 2.17. The average Bonchev–Trinajstić information content (AvgIpc) is 2.71. The van der Waals surface area contributed by atoms with Crippen LogP contribution in [0.1, 0.15) is 34.5 Å². The predicted molar refractivity (Wildman–Crippen MR) is 109 cm³/mol. The minimum Gasteiger partial charge on any atom is -0.496 e. The van der Waals surface area contributed by atoms with Gasteiger partial charge in [-0.05, 0) is 42.3 Å². The Morgan fingerprint density at radius 3 is 2.57 bits per heavy atom. The number of nitrogens with one attached hydrogen (secondary N) is 1. The first-order valence-electron chi connectivity index (χ1n) is 9.08. The molecule has 0 fully saturated rings. The standard InChI is InChI=1S/C23H23NO4/c1-15-11-12-21(27-3)20(13-15)23(26)28-14-22(25)24-16(2)18-10-6-8-17-7-4-5-9-19(17)18/h4-13,16H,14H2,1-3H3,(H,24,25)/t16-/m0/s1. The third kappa shape index (κ3) is 4.31. The van der Waals surface area contributed by atoms with E-state index < -0.39 is 5.97 Å². The molecular formula is C23H23NO4. The van der Waals surface area contributed by atoms with Crippen molar-refractivity contribution in [2.75, 3.05) is 13.7 Å². The first kappa shape index (κ1) is 19.4. The second kappa shape index (κ2) is 8.57. The lowest BCUT2D eigenvalue weighted by Gasteiger charge is -2.17. The molecule has 5 nitrogen and oxygen atoms in total. The molecule has 0 saturated carbocycles. The summed E-state index contributed by atoms with van der Waals surface area (Å²) in [5, 5.41) is 5.08. The van der Waals surface area contributed by atoms with Gasteiger partial charge in [0, 0.05) is 0 Å². The smallest absolute Gasteiger partial charge is 0.342 e. The van der Waals surface area contributed by atoms with E-state index in [1.807, 2.05) is 62.4 Å². The Morgan fingerprint density at radius 2 is 1.79 bits per heavy atom. The molecule has 3 rings (SSSR count). The highest BCUT2D eigenvalue weighted by atomic mass is 16.5. The third-order valence-electron chi connectivity index (χ3n) is 4.58. The quantitative estimate of drug-likeness (QED) is 0.654. The number of amides is 1. The van der Waals surface area contributed by atoms with Gasteiger partial charge in [0.1, 0.15) is 11.3 Å². The number of benzene rings is 3. The van der Waals surface area contributed by atoms with Crippen LogP contribution in [0, 0.1) is 6.92 Å². The number of rotatable bonds is 6. The minimum absolute atomic E-state index is 0.217. The maximum absolute atomic E-state index is 12.3. The first-order chi connectivity index (χ1) is 13.5. The van der Waals surface area contributed by atoms with Crippen LogP contribution in [0.5, 0.6) is 5.75 Å². The number of hydrogen-bond acceptors (Lipinski definition) is 4. The molecule has 5 heteroatoms. The van der Waals surface area contributed by atoms with E-state index in [1.54, 1.807) is 12.1 Å². The first-order valence-corrected chi connectivity index (χ1v) is 9.08. The van der Waals surface area contributed by atoms with Crippen LogP contribution >= 0.6 is 0 Å². The zero-order chi connectivity index (χ0) is 20.1. The van der Waals surface area contributed by atoms with Crippen LogP contribution in [0.3, 0.4) is 0 Å². The number of fused-ring (bicyclic) bond motifs is 1. The van der Waals surface area contributed by atoms with Crippen molar-refractivity contribution in [1.29, 1.82) is 0 Å². The Balaban J connectivity index is 1.64. The molecule has 0 unspecified atom stereocenters. The van der Waals surface area contributed by atoms with Crippen molar-refractivity contribution in [3.8, 4) is 5.75 Å². The fourth-order valence-electron chi connectivity index (χ4n) is 3.18. The summed E-state index contributed by atoms with van der Waals surface area (Å²) < 4.78 is 10.4. The normalized spacial score (nSPS) is 11.7. The maximum Gasteiger partial charge on any atom is 0.342 e. The number of aryl methyl sites for hydroxylation is 1. The van der Waals surface area contributed by atoms with Crippen molar-refractivity contribution in [2.45, 2.75) is 19.9 Å². The molecule has 144 valence electrons. The van der Waals surface area contributed by atoms with Crippen molar-refractivity contribution >= 4 is 22.6 Å². The van der Waals surface area contributed by atoms with E-state index in [9.17, 15) is 9.59 Å². The van der Waals surface area contributed by atoms with E-state index in [0.717, 1.165) is 21.9 Å². The van der Waals surface area contributed by atoms with Gasteiger partial charge in [0.25, 0.3) is 5.91 Å². The molecule has 0 aliphatic heterocycles. The zero-order valence-corrected chi connectivity index (χ0v) is 16.2. The zero-order valence-electron chi connectivity index (χ0n) is 16.2. The summed E-state index contributed by atoms with van der Waals surface area (Å²) in [6.07, 6.45) is 0. The highest BCUT2D eigenvalue weighted by Crippen LogP contribution is 2.24. The fourth-order valence-corrected chi connectivity index (χ4v) is 3.18. The van der Waals surface area contributed by atoms with Crippen LogP contribution < -0.4 is 10.1 Å². The van der Waals surface area contributed by atoms with E-state index in [4.69, 9.17) is 9.47 Å². The van der Waals surface area contributed by atoms with Gasteiger partial charge in [0.15, 0.2) is 6.61 Å². The predicted octanol–water partition coefficient (Wildman–Crippen LogP) is 4.19. The molecule has 1 atom stereocenters. The van der Waals surface area contributed by atoms with Gasteiger partial charge in [-0.15, -0.1) is 0 Å². The molecule has 0 heterocycles. The van der Waals surface area contributed by atoms with Crippen LogP contribution in [-0.2, 0) is 9.53 Å². The van der Waals surface area contributed by atoms with E-state index >= 15 is 0 Å². The molecule has 0 aromatic heterocycles. The van der Waals surface area contributed by atoms with Crippen LogP contribution in [0.2, 0.25) is 0 Å². The number of hydrogen-bond donors (Lipinski definition) is 1. The van der Waals surface area contributed by atoms with Gasteiger partial charge in [-0.1, -0.05) is 54.1 Å². The SMILES string of the molecule is COc1ccc(C)cc1C(=O)OCC(=O)N[C@@H](C)c1cccc2ccccc12. The molecule has 1 N–H and O–H groups in total. The number of esters is 1. The van der Waals surface area contributed by atoms with E-state index in [-0.39, 0.29) is 18.6 Å². The molecule has 3 aromatic carbocycles. The molecule has 28 heavy (non-hydrogen) atoms. The van der Waals surface area contributed by atoms with Gasteiger partial charge >= 0.3 is 5.97 Å².